The third kappa shape index (κ3) is 3.31. The molecule has 2 aromatic rings. The standard InChI is InChI=1S/C19H18N2O4/c1-4-10-21-18(23)15(11-20)12(3)16(19(21)24)17(22)13-6-8-14(9-7-13)25-5-2/h4,6-9,24H,1,5,10H2,2-3H3. The van der Waals surface area contributed by atoms with Crippen LogP contribution in [0.5, 0.6) is 11.6 Å². The van der Waals surface area contributed by atoms with E-state index >= 15 is 0 Å². The van der Waals surface area contributed by atoms with Gasteiger partial charge >= 0.3 is 0 Å². The molecule has 0 atom stereocenters. The predicted molar refractivity (Wildman–Crippen MR) is 93.1 cm³/mol. The molecule has 0 aliphatic carbocycles. The van der Waals surface area contributed by atoms with E-state index < -0.39 is 17.2 Å². The quantitative estimate of drug-likeness (QED) is 0.645. The summed E-state index contributed by atoms with van der Waals surface area (Å²) in [5, 5.41) is 19.7. The number of allylic oxidation sites excluding steroid dienone is 1. The summed E-state index contributed by atoms with van der Waals surface area (Å²) >= 11 is 0. The maximum atomic E-state index is 12.8. The largest absolute Gasteiger partial charge is 0.494 e. The molecule has 0 aliphatic heterocycles. The van der Waals surface area contributed by atoms with Crippen molar-refractivity contribution in [3.8, 4) is 17.7 Å². The third-order valence-corrected chi connectivity index (χ3v) is 3.77. The van der Waals surface area contributed by atoms with Gasteiger partial charge in [0.2, 0.25) is 5.88 Å². The van der Waals surface area contributed by atoms with E-state index in [1.165, 1.54) is 13.0 Å². The Labute approximate surface area is 145 Å². The van der Waals surface area contributed by atoms with E-state index in [0.717, 1.165) is 4.57 Å². The second kappa shape index (κ2) is 7.49. The molecular weight excluding hydrogens is 320 g/mol. The Balaban J connectivity index is 2.63. The van der Waals surface area contributed by atoms with Crippen molar-refractivity contribution < 1.29 is 14.6 Å². The van der Waals surface area contributed by atoms with Crippen molar-refractivity contribution in [2.24, 2.45) is 0 Å². The number of ketones is 1. The van der Waals surface area contributed by atoms with Gasteiger partial charge in [-0.05, 0) is 43.7 Å². The van der Waals surface area contributed by atoms with Gasteiger partial charge in [0.15, 0.2) is 5.78 Å². The molecule has 0 radical (unpaired) electrons. The van der Waals surface area contributed by atoms with Crippen LogP contribution >= 0.6 is 0 Å². The van der Waals surface area contributed by atoms with Crippen LogP contribution in [0.1, 0.15) is 34.0 Å². The van der Waals surface area contributed by atoms with Crippen molar-refractivity contribution >= 4 is 5.78 Å². The van der Waals surface area contributed by atoms with Gasteiger partial charge in [-0.1, -0.05) is 6.08 Å². The zero-order chi connectivity index (χ0) is 18.6. The minimum Gasteiger partial charge on any atom is -0.494 e. The van der Waals surface area contributed by atoms with E-state index in [2.05, 4.69) is 6.58 Å². The number of benzene rings is 1. The molecule has 0 fully saturated rings. The first-order valence-electron chi connectivity index (χ1n) is 7.71. The van der Waals surface area contributed by atoms with Crippen molar-refractivity contribution in [2.45, 2.75) is 20.4 Å². The molecule has 1 N–H and O–H groups in total. The van der Waals surface area contributed by atoms with E-state index in [1.807, 2.05) is 13.0 Å². The highest BCUT2D eigenvalue weighted by molar-refractivity contribution is 6.11. The fourth-order valence-electron chi connectivity index (χ4n) is 2.53. The SMILES string of the molecule is C=CCn1c(O)c(C(=O)c2ccc(OCC)cc2)c(C)c(C#N)c1=O. The van der Waals surface area contributed by atoms with Gasteiger partial charge < -0.3 is 9.84 Å². The average Bonchev–Trinajstić information content (AvgIpc) is 2.60. The van der Waals surface area contributed by atoms with Crippen LogP contribution in [0.4, 0.5) is 0 Å². The summed E-state index contributed by atoms with van der Waals surface area (Å²) in [6.07, 6.45) is 1.41. The molecule has 0 spiro atoms. The van der Waals surface area contributed by atoms with Crippen LogP contribution in [0.2, 0.25) is 0 Å². The van der Waals surface area contributed by atoms with Crippen molar-refractivity contribution in [3.05, 3.63) is 69.5 Å². The van der Waals surface area contributed by atoms with Crippen LogP contribution in [0.25, 0.3) is 0 Å². The normalized spacial score (nSPS) is 10.1. The van der Waals surface area contributed by atoms with Crippen molar-refractivity contribution in [3.63, 3.8) is 0 Å². The topological polar surface area (TPSA) is 92.3 Å². The number of rotatable bonds is 6. The lowest BCUT2D eigenvalue weighted by molar-refractivity contribution is 0.103. The number of nitrogens with zero attached hydrogens (tertiary/aromatic N) is 2. The first-order valence-corrected chi connectivity index (χ1v) is 7.71. The van der Waals surface area contributed by atoms with E-state index in [4.69, 9.17) is 4.74 Å². The van der Waals surface area contributed by atoms with Gasteiger partial charge in [0.25, 0.3) is 5.56 Å². The third-order valence-electron chi connectivity index (χ3n) is 3.77. The summed E-state index contributed by atoms with van der Waals surface area (Å²) in [6.45, 7) is 7.34. The van der Waals surface area contributed by atoms with Crippen molar-refractivity contribution in [2.75, 3.05) is 6.61 Å². The number of carbonyl (C=O) groups excluding carboxylic acids is 1. The molecule has 0 bridgehead atoms. The first kappa shape index (κ1) is 18.0. The smallest absolute Gasteiger partial charge is 0.271 e. The van der Waals surface area contributed by atoms with E-state index in [-0.39, 0.29) is 23.2 Å². The molecule has 2 rings (SSSR count). The van der Waals surface area contributed by atoms with E-state index in [1.54, 1.807) is 24.3 Å². The van der Waals surface area contributed by atoms with Gasteiger partial charge in [-0.2, -0.15) is 5.26 Å². The Kier molecular flexibility index (Phi) is 5.40. The van der Waals surface area contributed by atoms with Gasteiger partial charge in [0.1, 0.15) is 17.4 Å². The van der Waals surface area contributed by atoms with Crippen molar-refractivity contribution in [1.82, 2.24) is 4.57 Å². The number of hydrogen-bond donors (Lipinski definition) is 1. The van der Waals surface area contributed by atoms with Gasteiger partial charge in [0, 0.05) is 12.1 Å². The first-order chi connectivity index (χ1) is 12.0. The van der Waals surface area contributed by atoms with Gasteiger partial charge in [-0.3, -0.25) is 14.2 Å². The Morgan fingerprint density at radius 2 is 2.04 bits per heavy atom. The molecule has 0 amide bonds. The molecule has 1 heterocycles. The van der Waals surface area contributed by atoms with Crippen LogP contribution in [-0.2, 0) is 6.54 Å². The number of hydrogen-bond acceptors (Lipinski definition) is 5. The summed E-state index contributed by atoms with van der Waals surface area (Å²) in [4.78, 5) is 25.1. The molecule has 0 saturated carbocycles. The fraction of sp³-hybridized carbons (Fsp3) is 0.211. The van der Waals surface area contributed by atoms with E-state index in [0.29, 0.717) is 17.9 Å². The molecule has 1 aromatic carbocycles. The summed E-state index contributed by atoms with van der Waals surface area (Å²) < 4.78 is 6.30. The molecule has 6 nitrogen and oxygen atoms in total. The van der Waals surface area contributed by atoms with Crippen LogP contribution in [0, 0.1) is 18.3 Å². The van der Waals surface area contributed by atoms with Crippen LogP contribution in [-0.4, -0.2) is 22.1 Å². The van der Waals surface area contributed by atoms with Crippen LogP contribution in [0.3, 0.4) is 0 Å². The summed E-state index contributed by atoms with van der Waals surface area (Å²) in [7, 11) is 0. The van der Waals surface area contributed by atoms with Crippen molar-refractivity contribution in [1.29, 1.82) is 5.26 Å². The monoisotopic (exact) mass is 338 g/mol. The molecule has 6 heteroatoms. The second-order valence-corrected chi connectivity index (χ2v) is 5.30. The summed E-state index contributed by atoms with van der Waals surface area (Å²) in [5.74, 6) is -0.331. The highest BCUT2D eigenvalue weighted by atomic mass is 16.5. The minimum atomic E-state index is -0.652. The lowest BCUT2D eigenvalue weighted by Crippen LogP contribution is -2.26. The molecule has 128 valence electrons. The number of ether oxygens (including phenoxy) is 1. The number of carbonyl (C=O) groups is 1. The van der Waals surface area contributed by atoms with Gasteiger partial charge in [0.05, 0.1) is 12.2 Å². The minimum absolute atomic E-state index is 0.0107. The maximum absolute atomic E-state index is 12.8. The lowest BCUT2D eigenvalue weighted by Gasteiger charge is -2.14. The summed E-state index contributed by atoms with van der Waals surface area (Å²) in [6, 6.07) is 8.25. The van der Waals surface area contributed by atoms with Gasteiger partial charge in [-0.15, -0.1) is 6.58 Å². The zero-order valence-corrected chi connectivity index (χ0v) is 14.1. The molecule has 0 saturated heterocycles. The number of nitriles is 1. The number of aromatic hydroxyl groups is 1. The summed E-state index contributed by atoms with van der Waals surface area (Å²) in [5.41, 5.74) is -0.421. The number of aromatic nitrogens is 1. The second-order valence-electron chi connectivity index (χ2n) is 5.30. The Morgan fingerprint density at radius 1 is 1.40 bits per heavy atom. The average molecular weight is 338 g/mol. The Hall–Kier alpha value is -3.33. The van der Waals surface area contributed by atoms with Crippen LogP contribution in [0.15, 0.2) is 41.7 Å². The molecule has 1 aromatic heterocycles. The van der Waals surface area contributed by atoms with E-state index in [9.17, 15) is 20.0 Å². The maximum Gasteiger partial charge on any atom is 0.271 e. The fourth-order valence-corrected chi connectivity index (χ4v) is 2.53. The Morgan fingerprint density at radius 3 is 2.56 bits per heavy atom. The molecule has 25 heavy (non-hydrogen) atoms. The molecular formula is C19H18N2O4. The predicted octanol–water partition coefficient (Wildman–Crippen LogP) is 2.55. The molecule has 0 aliphatic rings. The van der Waals surface area contributed by atoms with Crippen LogP contribution < -0.4 is 10.3 Å². The zero-order valence-electron chi connectivity index (χ0n) is 14.1. The molecule has 0 unspecified atom stereocenters. The van der Waals surface area contributed by atoms with Gasteiger partial charge in [-0.25, -0.2) is 0 Å². The number of pyridine rings is 1. The highest BCUT2D eigenvalue weighted by Gasteiger charge is 2.24. The lowest BCUT2D eigenvalue weighted by atomic mass is 9.97. The Bertz CT molecular complexity index is 918. The highest BCUT2D eigenvalue weighted by Crippen LogP contribution is 2.25.